The summed E-state index contributed by atoms with van der Waals surface area (Å²) in [6, 6.07) is 17.0. The van der Waals surface area contributed by atoms with E-state index in [4.69, 9.17) is 4.74 Å². The first-order chi connectivity index (χ1) is 15.0. The lowest BCUT2D eigenvalue weighted by molar-refractivity contribution is -0.00517. The maximum absolute atomic E-state index is 12.9. The smallest absolute Gasteiger partial charge is 0.322 e. The number of carbonyl (C=O) groups is 2. The molecule has 4 rings (SSSR count). The number of nitrogens with one attached hydrogen (secondary N) is 1. The molecule has 2 fully saturated rings. The second-order valence-electron chi connectivity index (χ2n) is 8.25. The third-order valence-electron chi connectivity index (χ3n) is 5.78. The third kappa shape index (κ3) is 4.99. The van der Waals surface area contributed by atoms with Gasteiger partial charge in [0, 0.05) is 44.8 Å². The first-order valence-corrected chi connectivity index (χ1v) is 10.9. The number of urea groups is 1. The van der Waals surface area contributed by atoms with Crippen molar-refractivity contribution >= 4 is 23.3 Å². The zero-order valence-electron chi connectivity index (χ0n) is 18.2. The Balaban J connectivity index is 1.37. The van der Waals surface area contributed by atoms with Gasteiger partial charge in [0.25, 0.3) is 5.91 Å². The van der Waals surface area contributed by atoms with Gasteiger partial charge in [-0.25, -0.2) is 4.79 Å². The molecule has 0 saturated carbocycles. The minimum atomic E-state index is -0.131. The number of amides is 3. The summed E-state index contributed by atoms with van der Waals surface area (Å²) >= 11 is 0. The second kappa shape index (κ2) is 9.39. The normalized spacial score (nSPS) is 21.7. The summed E-state index contributed by atoms with van der Waals surface area (Å²) in [4.78, 5) is 31.4. The molecule has 2 aliphatic rings. The van der Waals surface area contributed by atoms with E-state index in [0.717, 1.165) is 24.5 Å². The highest BCUT2D eigenvalue weighted by Crippen LogP contribution is 2.29. The van der Waals surface area contributed by atoms with Crippen molar-refractivity contribution in [2.24, 2.45) is 0 Å². The van der Waals surface area contributed by atoms with Gasteiger partial charge in [-0.1, -0.05) is 30.3 Å². The van der Waals surface area contributed by atoms with Gasteiger partial charge in [-0.3, -0.25) is 4.79 Å². The van der Waals surface area contributed by atoms with Gasteiger partial charge in [-0.05, 0) is 38.1 Å². The van der Waals surface area contributed by atoms with Crippen LogP contribution in [0, 0.1) is 0 Å². The molecule has 2 unspecified atom stereocenters. The maximum atomic E-state index is 12.9. The number of anilines is 2. The van der Waals surface area contributed by atoms with Crippen LogP contribution in [-0.4, -0.2) is 73.2 Å². The summed E-state index contributed by atoms with van der Waals surface area (Å²) in [5.41, 5.74) is 2.50. The van der Waals surface area contributed by atoms with Crippen LogP contribution < -0.4 is 10.2 Å². The molecule has 0 bridgehead atoms. The van der Waals surface area contributed by atoms with E-state index in [-0.39, 0.29) is 24.1 Å². The summed E-state index contributed by atoms with van der Waals surface area (Å²) in [7, 11) is 0. The van der Waals surface area contributed by atoms with Crippen molar-refractivity contribution in [3.8, 4) is 0 Å². The van der Waals surface area contributed by atoms with E-state index in [1.54, 1.807) is 4.90 Å². The minimum absolute atomic E-state index is 0.0153. The molecule has 2 aromatic rings. The highest BCUT2D eigenvalue weighted by atomic mass is 16.5. The van der Waals surface area contributed by atoms with Crippen LogP contribution in [0.4, 0.5) is 16.2 Å². The van der Waals surface area contributed by atoms with E-state index in [1.807, 2.05) is 59.5 Å². The lowest BCUT2D eigenvalue weighted by atomic mass is 10.1. The number of hydrogen-bond acceptors (Lipinski definition) is 4. The topological polar surface area (TPSA) is 65.1 Å². The van der Waals surface area contributed by atoms with Gasteiger partial charge in [-0.2, -0.15) is 0 Å². The van der Waals surface area contributed by atoms with Gasteiger partial charge in [0.1, 0.15) is 0 Å². The first-order valence-electron chi connectivity index (χ1n) is 10.9. The third-order valence-corrected chi connectivity index (χ3v) is 5.78. The van der Waals surface area contributed by atoms with Gasteiger partial charge in [0.05, 0.1) is 23.6 Å². The van der Waals surface area contributed by atoms with Crippen molar-refractivity contribution < 1.29 is 14.3 Å². The van der Waals surface area contributed by atoms with Crippen molar-refractivity contribution in [1.82, 2.24) is 9.80 Å². The molecular weight excluding hydrogens is 392 g/mol. The molecule has 0 aliphatic carbocycles. The number of ether oxygens (including phenoxy) is 1. The molecule has 7 heteroatoms. The summed E-state index contributed by atoms with van der Waals surface area (Å²) in [5, 5.41) is 3.08. The largest absolute Gasteiger partial charge is 0.372 e. The molecule has 7 nitrogen and oxygen atoms in total. The van der Waals surface area contributed by atoms with Gasteiger partial charge >= 0.3 is 6.03 Å². The number of carbonyl (C=O) groups excluding carboxylic acids is 2. The molecule has 31 heavy (non-hydrogen) atoms. The van der Waals surface area contributed by atoms with Crippen LogP contribution in [0.1, 0.15) is 24.2 Å². The van der Waals surface area contributed by atoms with Crippen LogP contribution in [0.5, 0.6) is 0 Å². The summed E-state index contributed by atoms with van der Waals surface area (Å²) in [5.74, 6) is 0.0153. The van der Waals surface area contributed by atoms with E-state index in [1.165, 1.54) is 0 Å². The van der Waals surface area contributed by atoms with Crippen LogP contribution in [0.3, 0.4) is 0 Å². The minimum Gasteiger partial charge on any atom is -0.372 e. The van der Waals surface area contributed by atoms with E-state index in [0.29, 0.717) is 31.7 Å². The van der Waals surface area contributed by atoms with Gasteiger partial charge in [0.15, 0.2) is 0 Å². The van der Waals surface area contributed by atoms with E-state index in [2.05, 4.69) is 24.1 Å². The summed E-state index contributed by atoms with van der Waals surface area (Å²) in [6.45, 7) is 7.80. The van der Waals surface area contributed by atoms with Crippen molar-refractivity contribution in [3.05, 3.63) is 60.2 Å². The molecule has 0 spiro atoms. The lowest BCUT2D eigenvalue weighted by Gasteiger charge is -2.38. The van der Waals surface area contributed by atoms with E-state index < -0.39 is 0 Å². The Bertz CT molecular complexity index is 902. The molecule has 1 N–H and O–H groups in total. The Kier molecular flexibility index (Phi) is 6.42. The molecule has 2 atom stereocenters. The molecule has 0 aromatic heterocycles. The molecule has 2 aliphatic heterocycles. The lowest BCUT2D eigenvalue weighted by Crippen LogP contribution is -2.51. The fourth-order valence-electron chi connectivity index (χ4n) is 4.30. The molecule has 0 radical (unpaired) electrons. The van der Waals surface area contributed by atoms with Gasteiger partial charge in [0.2, 0.25) is 0 Å². The molecule has 164 valence electrons. The Morgan fingerprint density at radius 1 is 0.839 bits per heavy atom. The quantitative estimate of drug-likeness (QED) is 0.824. The molecular formula is C24H30N4O3. The van der Waals surface area contributed by atoms with Crippen molar-refractivity contribution in [2.75, 3.05) is 49.5 Å². The van der Waals surface area contributed by atoms with Crippen molar-refractivity contribution in [3.63, 3.8) is 0 Å². The summed E-state index contributed by atoms with van der Waals surface area (Å²) in [6.07, 6.45) is 0.283. The van der Waals surface area contributed by atoms with Crippen LogP contribution >= 0.6 is 0 Å². The second-order valence-corrected chi connectivity index (χ2v) is 8.25. The Morgan fingerprint density at radius 2 is 1.42 bits per heavy atom. The highest BCUT2D eigenvalue weighted by Gasteiger charge is 2.27. The Hall–Kier alpha value is -3.06. The van der Waals surface area contributed by atoms with E-state index in [9.17, 15) is 9.59 Å². The zero-order valence-corrected chi connectivity index (χ0v) is 18.2. The fraction of sp³-hybridized carbons (Fsp3) is 0.417. The van der Waals surface area contributed by atoms with E-state index >= 15 is 0 Å². The molecule has 2 saturated heterocycles. The zero-order chi connectivity index (χ0) is 21.8. The number of para-hydroxylation sites is 2. The Morgan fingerprint density at radius 3 is 2.10 bits per heavy atom. The number of nitrogens with zero attached hydrogens (tertiary/aromatic N) is 3. The Labute approximate surface area is 183 Å². The maximum Gasteiger partial charge on any atom is 0.322 e. The van der Waals surface area contributed by atoms with Crippen LogP contribution in [-0.2, 0) is 4.74 Å². The standard InChI is InChI=1S/C24H30N4O3/c1-18-16-28(17-19(2)31-18)22-11-7-6-10-21(22)25-24(30)27-14-12-26(13-15-27)23(29)20-8-4-3-5-9-20/h3-11,18-19H,12-17H2,1-2H3,(H,25,30). The average Bonchev–Trinajstić information content (AvgIpc) is 2.79. The first kappa shape index (κ1) is 21.2. The summed E-state index contributed by atoms with van der Waals surface area (Å²) < 4.78 is 5.85. The fourth-order valence-corrected chi connectivity index (χ4v) is 4.30. The number of piperazine rings is 1. The highest BCUT2D eigenvalue weighted by molar-refractivity contribution is 5.95. The van der Waals surface area contributed by atoms with Crippen LogP contribution in [0.2, 0.25) is 0 Å². The number of benzene rings is 2. The number of rotatable bonds is 3. The van der Waals surface area contributed by atoms with Crippen molar-refractivity contribution in [2.45, 2.75) is 26.1 Å². The van der Waals surface area contributed by atoms with Crippen LogP contribution in [0.25, 0.3) is 0 Å². The van der Waals surface area contributed by atoms with Gasteiger partial charge < -0.3 is 24.8 Å². The average molecular weight is 423 g/mol. The van der Waals surface area contributed by atoms with Gasteiger partial charge in [-0.15, -0.1) is 0 Å². The monoisotopic (exact) mass is 422 g/mol. The predicted octanol–water partition coefficient (Wildman–Crippen LogP) is 3.29. The predicted molar refractivity (Wildman–Crippen MR) is 122 cm³/mol. The van der Waals surface area contributed by atoms with Crippen molar-refractivity contribution in [1.29, 1.82) is 0 Å². The molecule has 3 amide bonds. The van der Waals surface area contributed by atoms with Crippen LogP contribution in [0.15, 0.2) is 54.6 Å². The molecule has 2 heterocycles. The SMILES string of the molecule is CC1CN(c2ccccc2NC(=O)N2CCN(C(=O)c3ccccc3)CC2)CC(C)O1. The number of hydrogen-bond donors (Lipinski definition) is 1. The molecule has 2 aromatic carbocycles. The number of morpholine rings is 1.